The van der Waals surface area contributed by atoms with Crippen LogP contribution in [0.25, 0.3) is 11.8 Å². The van der Waals surface area contributed by atoms with Crippen LogP contribution >= 0.6 is 11.3 Å². The fourth-order valence-electron chi connectivity index (χ4n) is 4.50. The first-order valence-corrected chi connectivity index (χ1v) is 13.4. The van der Waals surface area contributed by atoms with Crippen LogP contribution in [0.5, 0.6) is 11.5 Å². The fourth-order valence-corrected chi connectivity index (χ4v) is 5.50. The lowest BCUT2D eigenvalue weighted by atomic mass is 9.93. The number of hydrogen-bond acceptors (Lipinski definition) is 7. The molecule has 200 valence electrons. The van der Waals surface area contributed by atoms with Gasteiger partial charge in [-0.2, -0.15) is 0 Å². The van der Waals surface area contributed by atoms with Gasteiger partial charge in [0.15, 0.2) is 4.80 Å². The zero-order valence-corrected chi connectivity index (χ0v) is 22.8. The second kappa shape index (κ2) is 11.9. The summed E-state index contributed by atoms with van der Waals surface area (Å²) in [6.07, 6.45) is 7.07. The first-order chi connectivity index (χ1) is 19.5. The Morgan fingerprint density at radius 3 is 2.55 bits per heavy atom. The lowest BCUT2D eigenvalue weighted by molar-refractivity contribution is -0.138. The summed E-state index contributed by atoms with van der Waals surface area (Å²) in [7, 11) is 1.57. The predicted molar refractivity (Wildman–Crippen MR) is 155 cm³/mol. The maximum atomic E-state index is 14.0. The molecule has 0 amide bonds. The highest BCUT2D eigenvalue weighted by Crippen LogP contribution is 2.36. The number of thiazole rings is 1. The topological polar surface area (TPSA) is 79.1 Å². The molecule has 0 aliphatic carbocycles. The number of methoxy groups -OCH3 is 1. The predicted octanol–water partition coefficient (Wildman–Crippen LogP) is 3.96. The van der Waals surface area contributed by atoms with Crippen molar-refractivity contribution in [3.05, 3.63) is 121 Å². The van der Waals surface area contributed by atoms with Gasteiger partial charge in [-0.1, -0.05) is 71.9 Å². The van der Waals surface area contributed by atoms with E-state index in [1.165, 1.54) is 11.3 Å². The van der Waals surface area contributed by atoms with Crippen LogP contribution in [-0.2, 0) is 9.53 Å². The molecule has 0 spiro atoms. The summed E-state index contributed by atoms with van der Waals surface area (Å²) in [5.74, 6) is 3.15. The number of aromatic nitrogens is 1. The minimum absolute atomic E-state index is 0.175. The summed E-state index contributed by atoms with van der Waals surface area (Å²) >= 11 is 1.26. The van der Waals surface area contributed by atoms with Gasteiger partial charge in [-0.15, -0.1) is 6.42 Å². The summed E-state index contributed by atoms with van der Waals surface area (Å²) in [5.41, 5.74) is 2.75. The zero-order valence-electron chi connectivity index (χ0n) is 22.0. The average molecular weight is 551 g/mol. The summed E-state index contributed by atoms with van der Waals surface area (Å²) in [6, 6.07) is 23.3. The Labute approximate surface area is 235 Å². The minimum atomic E-state index is -0.776. The van der Waals surface area contributed by atoms with Crippen molar-refractivity contribution in [1.82, 2.24) is 4.57 Å². The highest BCUT2D eigenvalue weighted by Gasteiger charge is 2.35. The fraction of sp³-hybridized carbons (Fsp3) is 0.156. The third-order valence-corrected chi connectivity index (χ3v) is 7.27. The lowest BCUT2D eigenvalue weighted by Crippen LogP contribution is -2.40. The molecule has 0 saturated carbocycles. The molecule has 7 nitrogen and oxygen atoms in total. The van der Waals surface area contributed by atoms with Gasteiger partial charge in [0.25, 0.3) is 5.56 Å². The van der Waals surface area contributed by atoms with Gasteiger partial charge < -0.3 is 14.2 Å². The number of ether oxygens (including phenoxy) is 3. The summed E-state index contributed by atoms with van der Waals surface area (Å²) in [6.45, 7) is 2.11. The van der Waals surface area contributed by atoms with E-state index >= 15 is 0 Å². The van der Waals surface area contributed by atoms with E-state index in [4.69, 9.17) is 25.6 Å². The normalized spacial score (nSPS) is 14.6. The molecular weight excluding hydrogens is 524 g/mol. The Kier molecular flexibility index (Phi) is 7.94. The molecule has 0 radical (unpaired) electrons. The molecule has 1 unspecified atom stereocenters. The van der Waals surface area contributed by atoms with Crippen LogP contribution < -0.4 is 24.4 Å². The van der Waals surface area contributed by atoms with E-state index in [0.717, 1.165) is 11.1 Å². The van der Waals surface area contributed by atoms with Crippen molar-refractivity contribution < 1.29 is 19.0 Å². The van der Waals surface area contributed by atoms with Gasteiger partial charge in [0.05, 0.1) is 35.6 Å². The molecule has 1 aliphatic rings. The molecule has 3 aromatic carbocycles. The summed E-state index contributed by atoms with van der Waals surface area (Å²) in [5, 5.41) is 0. The number of fused-ring (bicyclic) bond motifs is 1. The van der Waals surface area contributed by atoms with Gasteiger partial charge in [0.2, 0.25) is 0 Å². The minimum Gasteiger partial charge on any atom is -0.497 e. The third-order valence-electron chi connectivity index (χ3n) is 6.28. The van der Waals surface area contributed by atoms with E-state index in [0.29, 0.717) is 32.1 Å². The first kappa shape index (κ1) is 26.7. The number of terminal acetylenes is 1. The van der Waals surface area contributed by atoms with Crippen LogP contribution in [0.15, 0.2) is 94.2 Å². The Morgan fingerprint density at radius 1 is 1.07 bits per heavy atom. The molecule has 0 N–H and O–H groups in total. The van der Waals surface area contributed by atoms with Gasteiger partial charge in [-0.25, -0.2) is 9.79 Å². The van der Waals surface area contributed by atoms with Gasteiger partial charge >= 0.3 is 5.97 Å². The number of nitrogens with zero attached hydrogens (tertiary/aromatic N) is 2. The standard InChI is InChI=1S/C32H26N2O5S/c1-4-18-39-24-16-14-21(15-17-24)19-26-30(35)34-29(23-12-9-13-25(20-23)37-3)27(31(36)38-5-2)28(33-32(34)40-26)22-10-7-6-8-11-22/h1,6-17,19-20,29H,5,18H2,2-3H3/b26-19-. The van der Waals surface area contributed by atoms with Crippen LogP contribution in [-0.4, -0.2) is 30.9 Å². The molecule has 1 aromatic heterocycles. The Morgan fingerprint density at radius 2 is 1.85 bits per heavy atom. The van der Waals surface area contributed by atoms with E-state index in [1.54, 1.807) is 36.8 Å². The molecule has 5 rings (SSSR count). The molecule has 40 heavy (non-hydrogen) atoms. The third kappa shape index (κ3) is 5.33. The largest absolute Gasteiger partial charge is 0.497 e. The molecule has 4 aromatic rings. The van der Waals surface area contributed by atoms with Crippen molar-refractivity contribution in [2.75, 3.05) is 20.3 Å². The van der Waals surface area contributed by atoms with Crippen molar-refractivity contribution in [3.63, 3.8) is 0 Å². The molecule has 0 fully saturated rings. The second-order valence-corrected chi connectivity index (χ2v) is 9.78. The van der Waals surface area contributed by atoms with Crippen LogP contribution in [0.2, 0.25) is 0 Å². The zero-order chi connectivity index (χ0) is 28.1. The van der Waals surface area contributed by atoms with E-state index < -0.39 is 12.0 Å². The highest BCUT2D eigenvalue weighted by molar-refractivity contribution is 7.07. The van der Waals surface area contributed by atoms with E-state index in [-0.39, 0.29) is 24.3 Å². The molecule has 0 saturated heterocycles. The number of benzene rings is 3. The van der Waals surface area contributed by atoms with Gasteiger partial charge in [0, 0.05) is 5.56 Å². The van der Waals surface area contributed by atoms with Gasteiger partial charge in [0.1, 0.15) is 18.1 Å². The first-order valence-electron chi connectivity index (χ1n) is 12.6. The van der Waals surface area contributed by atoms with Crippen LogP contribution in [0.3, 0.4) is 0 Å². The van der Waals surface area contributed by atoms with Gasteiger partial charge in [-0.05, 0) is 48.4 Å². The molecule has 0 bridgehead atoms. The summed E-state index contributed by atoms with van der Waals surface area (Å²) in [4.78, 5) is 32.8. The Bertz CT molecular complexity index is 1790. The maximum absolute atomic E-state index is 14.0. The number of carbonyl (C=O) groups excluding carboxylic acids is 1. The van der Waals surface area contributed by atoms with Crippen molar-refractivity contribution in [2.45, 2.75) is 13.0 Å². The Balaban J connectivity index is 1.75. The number of rotatable bonds is 8. The number of esters is 1. The average Bonchev–Trinajstić information content (AvgIpc) is 3.30. The van der Waals surface area contributed by atoms with Crippen LogP contribution in [0, 0.1) is 12.3 Å². The molecule has 2 heterocycles. The molecule has 8 heteroatoms. The van der Waals surface area contributed by atoms with E-state index in [9.17, 15) is 9.59 Å². The summed E-state index contributed by atoms with van der Waals surface area (Å²) < 4.78 is 18.5. The monoisotopic (exact) mass is 550 g/mol. The van der Waals surface area contributed by atoms with Gasteiger partial charge in [-0.3, -0.25) is 9.36 Å². The van der Waals surface area contributed by atoms with E-state index in [1.807, 2.05) is 66.7 Å². The second-order valence-electron chi connectivity index (χ2n) is 8.77. The Hall–Kier alpha value is -4.87. The van der Waals surface area contributed by atoms with E-state index in [2.05, 4.69) is 5.92 Å². The number of carbonyl (C=O) groups is 1. The van der Waals surface area contributed by atoms with Crippen LogP contribution in [0.1, 0.15) is 29.7 Å². The maximum Gasteiger partial charge on any atom is 0.338 e. The SMILES string of the molecule is C#CCOc1ccc(/C=c2\sc3n(c2=O)C(c2cccc(OC)c2)C(C(=O)OCC)=C(c2ccccc2)N=3)cc1. The van der Waals surface area contributed by atoms with Crippen molar-refractivity contribution in [3.8, 4) is 23.8 Å². The molecular formula is C32H26N2O5S. The van der Waals surface area contributed by atoms with Crippen molar-refractivity contribution in [1.29, 1.82) is 0 Å². The number of hydrogen-bond donors (Lipinski definition) is 0. The molecule has 1 atom stereocenters. The smallest absolute Gasteiger partial charge is 0.338 e. The lowest BCUT2D eigenvalue weighted by Gasteiger charge is -2.26. The van der Waals surface area contributed by atoms with Crippen molar-refractivity contribution >= 4 is 29.1 Å². The highest BCUT2D eigenvalue weighted by atomic mass is 32.1. The van der Waals surface area contributed by atoms with Crippen LogP contribution in [0.4, 0.5) is 0 Å². The van der Waals surface area contributed by atoms with Crippen molar-refractivity contribution in [2.24, 2.45) is 4.99 Å². The molecule has 1 aliphatic heterocycles. The quantitative estimate of drug-likeness (QED) is 0.245.